The van der Waals surface area contributed by atoms with Crippen molar-refractivity contribution in [1.29, 1.82) is 0 Å². The molecule has 184 valence electrons. The van der Waals surface area contributed by atoms with Crippen LogP contribution in [0, 0.1) is 0 Å². The topological polar surface area (TPSA) is 58.6 Å². The lowest BCUT2D eigenvalue weighted by molar-refractivity contribution is 0.0444. The van der Waals surface area contributed by atoms with Crippen LogP contribution in [-0.4, -0.2) is 45.4 Å². The van der Waals surface area contributed by atoms with Crippen LogP contribution < -0.4 is 5.43 Å². The summed E-state index contributed by atoms with van der Waals surface area (Å²) in [5, 5.41) is 2.38. The van der Waals surface area contributed by atoms with Crippen molar-refractivity contribution in [2.75, 3.05) is 0 Å². The van der Waals surface area contributed by atoms with Crippen LogP contribution in [0.15, 0.2) is 36.0 Å². The van der Waals surface area contributed by atoms with E-state index in [1.54, 1.807) is 24.3 Å². The van der Waals surface area contributed by atoms with Gasteiger partial charge in [0.05, 0.1) is 31.3 Å². The van der Waals surface area contributed by atoms with Gasteiger partial charge in [-0.15, -0.1) is 6.58 Å². The molecule has 1 aromatic rings. The Morgan fingerprint density at radius 1 is 0.909 bits per heavy atom. The second kappa shape index (κ2) is 10.4. The number of carbonyl (C=O) groups excluding carboxylic acids is 2. The molecule has 1 N–H and O–H groups in total. The van der Waals surface area contributed by atoms with Crippen molar-refractivity contribution in [2.45, 2.75) is 103 Å². The largest absolute Gasteiger partial charge is 0.412 e. The smallest absolute Gasteiger partial charge is 0.276 e. The molecule has 1 aliphatic rings. The minimum Gasteiger partial charge on any atom is -0.412 e. The second-order valence-corrected chi connectivity index (χ2v) is 22.0. The lowest BCUT2D eigenvalue weighted by atomic mass is 10.1. The van der Waals surface area contributed by atoms with E-state index in [1.807, 2.05) is 0 Å². The van der Waals surface area contributed by atoms with Gasteiger partial charge in [0, 0.05) is 0 Å². The van der Waals surface area contributed by atoms with Crippen molar-refractivity contribution < 1.29 is 14.0 Å². The first-order chi connectivity index (χ1) is 15.1. The quantitative estimate of drug-likeness (QED) is 0.283. The Hall–Kier alpha value is -1.55. The molecule has 5 nitrogen and oxygen atoms in total. The van der Waals surface area contributed by atoms with Gasteiger partial charge in [0.15, 0.2) is 0 Å². The Kier molecular flexibility index (Phi) is 8.71. The number of carbonyl (C=O) groups is 2. The summed E-state index contributed by atoms with van der Waals surface area (Å²) in [5.41, 5.74) is 5.52. The third-order valence-corrected chi connectivity index (χ3v) is 15.8. The van der Waals surface area contributed by atoms with Gasteiger partial charge in [0.1, 0.15) is 0 Å². The molecule has 0 spiro atoms. The van der Waals surface area contributed by atoms with Crippen LogP contribution in [0.3, 0.4) is 0 Å². The first-order valence-corrected chi connectivity index (χ1v) is 17.9. The zero-order chi connectivity index (χ0) is 25.3. The molecule has 0 radical (unpaired) electrons. The average molecular weight is 489 g/mol. The Labute approximate surface area is 203 Å². The van der Waals surface area contributed by atoms with Gasteiger partial charge in [-0.3, -0.25) is 9.59 Å². The lowest BCUT2D eigenvalue weighted by Gasteiger charge is -2.46. The fourth-order valence-electron chi connectivity index (χ4n) is 5.17. The van der Waals surface area contributed by atoms with Gasteiger partial charge < -0.3 is 4.43 Å². The van der Waals surface area contributed by atoms with Gasteiger partial charge in [0.2, 0.25) is 8.32 Å². The predicted octanol–water partition coefficient (Wildman–Crippen LogP) is 6.56. The van der Waals surface area contributed by atoms with E-state index in [4.69, 9.17) is 4.43 Å². The number of nitrogens with zero attached hydrogens (tertiary/aromatic N) is 1. The highest BCUT2D eigenvalue weighted by molar-refractivity contribution is 6.83. The Morgan fingerprint density at radius 2 is 1.33 bits per heavy atom. The van der Waals surface area contributed by atoms with Crippen LogP contribution in [-0.2, 0) is 4.43 Å². The summed E-state index contributed by atoms with van der Waals surface area (Å²) in [6.07, 6.45) is 0.490. The molecule has 0 saturated carbocycles. The van der Waals surface area contributed by atoms with E-state index in [1.165, 1.54) is 10.2 Å². The van der Waals surface area contributed by atoms with Gasteiger partial charge >= 0.3 is 0 Å². The fourth-order valence-corrected chi connectivity index (χ4v) is 11.6. The number of rotatable bonds is 11. The number of hydrogen-bond donors (Lipinski definition) is 1. The minimum atomic E-state index is -2.15. The maximum Gasteiger partial charge on any atom is 0.276 e. The molecular weight excluding hydrogens is 444 g/mol. The van der Waals surface area contributed by atoms with Crippen LogP contribution in [0.5, 0.6) is 0 Å². The van der Waals surface area contributed by atoms with Gasteiger partial charge in [-0.25, -0.2) is 10.4 Å². The third-order valence-electron chi connectivity index (χ3n) is 7.28. The number of amides is 2. The molecule has 0 bridgehead atoms. The van der Waals surface area contributed by atoms with E-state index in [0.717, 1.165) is 0 Å². The van der Waals surface area contributed by atoms with Gasteiger partial charge in [-0.05, 0) is 42.1 Å². The van der Waals surface area contributed by atoms with Crippen molar-refractivity contribution >= 4 is 28.2 Å². The first kappa shape index (κ1) is 27.7. The SMILES string of the molecule is C=C(C[C@H](NN1C(=O)c2ccccc2C1=O)[C@@H](C)O[Si](C(C)C)(C(C)C)C(C)C)[Si](C)(C)C. The molecule has 0 aromatic heterocycles. The number of fused-ring (bicyclic) bond motifs is 1. The number of nitrogens with one attached hydrogen (secondary N) is 1. The summed E-state index contributed by atoms with van der Waals surface area (Å²) in [5.74, 6) is -0.599. The maximum absolute atomic E-state index is 13.1. The van der Waals surface area contributed by atoms with Crippen LogP contribution in [0.1, 0.15) is 75.6 Å². The van der Waals surface area contributed by atoms with Crippen molar-refractivity contribution in [3.63, 3.8) is 0 Å². The molecule has 1 aliphatic heterocycles. The van der Waals surface area contributed by atoms with Crippen LogP contribution in [0.4, 0.5) is 0 Å². The Morgan fingerprint density at radius 3 is 1.70 bits per heavy atom. The molecule has 0 unspecified atom stereocenters. The molecule has 0 saturated heterocycles. The summed E-state index contributed by atoms with van der Waals surface area (Å²) in [4.78, 5) is 26.1. The molecule has 1 heterocycles. The number of hydrogen-bond acceptors (Lipinski definition) is 4. The van der Waals surface area contributed by atoms with Gasteiger partial charge in [0.25, 0.3) is 11.8 Å². The highest BCUT2D eigenvalue weighted by Crippen LogP contribution is 2.43. The maximum atomic E-state index is 13.1. The zero-order valence-electron chi connectivity index (χ0n) is 22.3. The van der Waals surface area contributed by atoms with Crippen molar-refractivity contribution in [3.05, 3.63) is 47.2 Å². The Bertz CT molecular complexity index is 833. The van der Waals surface area contributed by atoms with E-state index in [-0.39, 0.29) is 24.0 Å². The van der Waals surface area contributed by atoms with Crippen LogP contribution in [0.2, 0.25) is 36.3 Å². The molecule has 33 heavy (non-hydrogen) atoms. The monoisotopic (exact) mass is 488 g/mol. The molecule has 0 aliphatic carbocycles. The number of hydrazine groups is 1. The molecule has 2 rings (SSSR count). The molecule has 1 aromatic carbocycles. The summed E-state index contributed by atoms with van der Waals surface area (Å²) >= 11 is 0. The summed E-state index contributed by atoms with van der Waals surface area (Å²) in [6.45, 7) is 26.9. The van der Waals surface area contributed by atoms with E-state index in [0.29, 0.717) is 34.2 Å². The molecule has 7 heteroatoms. The fraction of sp³-hybridized carbons (Fsp3) is 0.615. The van der Waals surface area contributed by atoms with Gasteiger partial charge in [-0.1, -0.05) is 78.5 Å². The predicted molar refractivity (Wildman–Crippen MR) is 143 cm³/mol. The first-order valence-electron chi connectivity index (χ1n) is 12.2. The Balaban J connectivity index is 2.39. The van der Waals surface area contributed by atoms with E-state index >= 15 is 0 Å². The van der Waals surface area contributed by atoms with E-state index < -0.39 is 16.4 Å². The summed E-state index contributed by atoms with van der Waals surface area (Å²) in [6, 6.07) is 6.77. The molecule has 2 atom stereocenters. The highest BCUT2D eigenvalue weighted by Gasteiger charge is 2.47. The van der Waals surface area contributed by atoms with Crippen LogP contribution >= 0.6 is 0 Å². The van der Waals surface area contributed by atoms with Crippen LogP contribution in [0.25, 0.3) is 0 Å². The standard InChI is InChI=1S/C26H44N2O3Si2/c1-17(2)33(18(3)4,19(5)6)31-21(8)24(16-20(7)32(9,10)11)27-28-25(29)22-14-12-13-15-23(22)26(28)30/h12-15,17-19,21,24,27H,7,16H2,1-6,8-11H3/t21-,24+/m1/s1. The van der Waals surface area contributed by atoms with E-state index in [9.17, 15) is 9.59 Å². The van der Waals surface area contributed by atoms with Crippen molar-refractivity contribution in [3.8, 4) is 0 Å². The van der Waals surface area contributed by atoms with Crippen molar-refractivity contribution in [2.24, 2.45) is 0 Å². The lowest BCUT2D eigenvalue weighted by Crippen LogP contribution is -2.57. The molecular formula is C26H44N2O3Si2. The third kappa shape index (κ3) is 5.58. The average Bonchev–Trinajstić information content (AvgIpc) is 2.94. The molecule has 0 fully saturated rings. The molecule has 2 amide bonds. The highest BCUT2D eigenvalue weighted by atomic mass is 28.4. The van der Waals surface area contributed by atoms with Gasteiger partial charge in [-0.2, -0.15) is 0 Å². The summed E-state index contributed by atoms with van der Waals surface area (Å²) in [7, 11) is -3.76. The number of imide groups is 1. The summed E-state index contributed by atoms with van der Waals surface area (Å²) < 4.78 is 7.06. The van der Waals surface area contributed by atoms with E-state index in [2.05, 4.69) is 80.1 Å². The second-order valence-electron chi connectivity index (χ2n) is 11.4. The normalized spacial score (nSPS) is 16.7. The van der Waals surface area contributed by atoms with Crippen molar-refractivity contribution in [1.82, 2.24) is 10.4 Å². The zero-order valence-corrected chi connectivity index (χ0v) is 24.3. The minimum absolute atomic E-state index is 0.179. The number of benzene rings is 1.